The number of hydrogen-bond donors (Lipinski definition) is 1. The molecule has 1 N–H and O–H groups in total. The predicted molar refractivity (Wildman–Crippen MR) is 112 cm³/mol. The first-order valence-corrected chi connectivity index (χ1v) is 11.2. The van der Waals surface area contributed by atoms with Gasteiger partial charge in [-0.15, -0.1) is 0 Å². The lowest BCUT2D eigenvalue weighted by molar-refractivity contribution is -0.122. The minimum absolute atomic E-state index is 0.117. The molecule has 0 aliphatic rings. The average molecular weight is 443 g/mol. The maximum Gasteiger partial charge on any atom is 0.244 e. The number of nitrogens with one attached hydrogen (secondary N) is 1. The first kappa shape index (κ1) is 23.0. The molecule has 0 aromatic heterocycles. The molecule has 0 spiro atoms. The highest BCUT2D eigenvalue weighted by Gasteiger charge is 2.32. The summed E-state index contributed by atoms with van der Waals surface area (Å²) in [6, 6.07) is 9.31. The first-order valence-electron chi connectivity index (χ1n) is 8.97. The van der Waals surface area contributed by atoms with Crippen molar-refractivity contribution in [1.82, 2.24) is 5.32 Å². The van der Waals surface area contributed by atoms with E-state index in [1.54, 1.807) is 19.9 Å². The van der Waals surface area contributed by atoms with Crippen LogP contribution in [0, 0.1) is 5.82 Å². The third-order valence-electron chi connectivity index (χ3n) is 4.45. The number of rotatable bonds is 8. The first-order chi connectivity index (χ1) is 13.6. The lowest BCUT2D eigenvalue weighted by Crippen LogP contribution is -2.49. The summed E-state index contributed by atoms with van der Waals surface area (Å²) in [5.74, 6) is -0.554. The molecule has 2 aromatic carbocycles. The molecule has 6 nitrogen and oxygen atoms in total. The quantitative estimate of drug-likeness (QED) is 0.672. The smallest absolute Gasteiger partial charge is 0.244 e. The van der Waals surface area contributed by atoms with Crippen molar-refractivity contribution in [1.29, 1.82) is 0 Å². The lowest BCUT2D eigenvalue weighted by atomic mass is 10.1. The number of ether oxygens (including phenoxy) is 1. The zero-order valence-electron chi connectivity index (χ0n) is 16.6. The van der Waals surface area contributed by atoms with Crippen LogP contribution >= 0.6 is 11.6 Å². The average Bonchev–Trinajstić information content (AvgIpc) is 2.67. The van der Waals surface area contributed by atoms with Gasteiger partial charge in [-0.2, -0.15) is 0 Å². The number of sulfonamides is 1. The summed E-state index contributed by atoms with van der Waals surface area (Å²) in [7, 11) is -2.32. The van der Waals surface area contributed by atoms with Crippen molar-refractivity contribution in [2.24, 2.45) is 0 Å². The van der Waals surface area contributed by atoms with Crippen molar-refractivity contribution < 1.29 is 22.3 Å². The van der Waals surface area contributed by atoms with E-state index in [2.05, 4.69) is 5.32 Å². The molecule has 2 unspecified atom stereocenters. The molecule has 0 aliphatic carbocycles. The Bertz CT molecular complexity index is 984. The summed E-state index contributed by atoms with van der Waals surface area (Å²) < 4.78 is 44.8. The maximum absolute atomic E-state index is 13.5. The fourth-order valence-electron chi connectivity index (χ4n) is 3.09. The molecule has 2 atom stereocenters. The van der Waals surface area contributed by atoms with Crippen molar-refractivity contribution in [3.8, 4) is 5.75 Å². The zero-order chi connectivity index (χ0) is 21.8. The summed E-state index contributed by atoms with van der Waals surface area (Å²) in [5, 5.41) is 2.61. The second kappa shape index (κ2) is 9.45. The van der Waals surface area contributed by atoms with Gasteiger partial charge in [0.2, 0.25) is 15.9 Å². The van der Waals surface area contributed by atoms with E-state index < -0.39 is 33.8 Å². The number of benzene rings is 2. The fourth-order valence-corrected chi connectivity index (χ4v) is 4.47. The largest absolute Gasteiger partial charge is 0.496 e. The number of nitrogens with zero attached hydrogens (tertiary/aromatic N) is 1. The molecule has 9 heteroatoms. The van der Waals surface area contributed by atoms with Crippen molar-refractivity contribution >= 4 is 33.2 Å². The van der Waals surface area contributed by atoms with Gasteiger partial charge in [-0.1, -0.05) is 36.7 Å². The number of halogens is 2. The van der Waals surface area contributed by atoms with Gasteiger partial charge in [0, 0.05) is 5.56 Å². The molecule has 0 saturated carbocycles. The van der Waals surface area contributed by atoms with Crippen LogP contribution in [0.25, 0.3) is 0 Å². The van der Waals surface area contributed by atoms with E-state index in [-0.39, 0.29) is 17.1 Å². The predicted octanol–water partition coefficient (Wildman–Crippen LogP) is 3.91. The Kier molecular flexibility index (Phi) is 7.48. The zero-order valence-corrected chi connectivity index (χ0v) is 18.2. The molecule has 29 heavy (non-hydrogen) atoms. The number of hydrogen-bond acceptors (Lipinski definition) is 4. The summed E-state index contributed by atoms with van der Waals surface area (Å²) in [6.07, 6.45) is 1.19. The van der Waals surface area contributed by atoms with Gasteiger partial charge in [0.05, 0.1) is 30.1 Å². The van der Waals surface area contributed by atoms with Crippen molar-refractivity contribution in [3.63, 3.8) is 0 Å². The summed E-state index contributed by atoms with van der Waals surface area (Å²) in [5.41, 5.74) is 0.875. The van der Waals surface area contributed by atoms with Crippen molar-refractivity contribution in [3.05, 3.63) is 58.9 Å². The molecule has 0 bridgehead atoms. The number of para-hydroxylation sites is 1. The van der Waals surface area contributed by atoms with E-state index in [1.807, 2.05) is 18.2 Å². The standard InChI is InChI=1S/C20H24ClFN2O4S/c1-5-18(20(25)23-13(2)15-8-6-7-9-19(15)28-3)24(29(4,26)27)14-10-11-17(22)16(21)12-14/h6-13,18H,5H2,1-4H3,(H,23,25). The topological polar surface area (TPSA) is 75.7 Å². The highest BCUT2D eigenvalue weighted by Crippen LogP contribution is 2.28. The molecule has 0 radical (unpaired) electrons. The van der Waals surface area contributed by atoms with Gasteiger partial charge in [-0.25, -0.2) is 12.8 Å². The molecule has 0 aliphatic heterocycles. The van der Waals surface area contributed by atoms with Crippen molar-refractivity contribution in [2.45, 2.75) is 32.4 Å². The van der Waals surface area contributed by atoms with Crippen LogP contribution in [0.1, 0.15) is 31.9 Å². The van der Waals surface area contributed by atoms with Crippen LogP contribution in [-0.4, -0.2) is 33.7 Å². The third-order valence-corrected chi connectivity index (χ3v) is 5.92. The van der Waals surface area contributed by atoms with Gasteiger partial charge in [-0.05, 0) is 37.6 Å². The number of carbonyl (C=O) groups excluding carboxylic acids is 1. The maximum atomic E-state index is 13.5. The molecule has 0 fully saturated rings. The van der Waals surface area contributed by atoms with Crippen LogP contribution in [-0.2, 0) is 14.8 Å². The van der Waals surface area contributed by atoms with Gasteiger partial charge in [-0.3, -0.25) is 9.10 Å². The van der Waals surface area contributed by atoms with Crippen LogP contribution < -0.4 is 14.4 Å². The number of methoxy groups -OCH3 is 1. The van der Waals surface area contributed by atoms with Crippen LogP contribution in [0.5, 0.6) is 5.75 Å². The molecular formula is C20H24ClFN2O4S. The van der Waals surface area contributed by atoms with Crippen LogP contribution in [0.15, 0.2) is 42.5 Å². The van der Waals surface area contributed by atoms with E-state index in [0.29, 0.717) is 5.75 Å². The van der Waals surface area contributed by atoms with Crippen molar-refractivity contribution in [2.75, 3.05) is 17.7 Å². The number of amides is 1. The molecule has 1 amide bonds. The normalized spacial score (nSPS) is 13.4. The van der Waals surface area contributed by atoms with Gasteiger partial charge in [0.15, 0.2) is 0 Å². The Labute approximate surface area is 175 Å². The lowest BCUT2D eigenvalue weighted by Gasteiger charge is -2.31. The Morgan fingerprint density at radius 1 is 1.28 bits per heavy atom. The number of carbonyl (C=O) groups is 1. The minimum Gasteiger partial charge on any atom is -0.496 e. The molecule has 0 saturated heterocycles. The fraction of sp³-hybridized carbons (Fsp3) is 0.350. The number of anilines is 1. The summed E-state index contributed by atoms with van der Waals surface area (Å²) >= 11 is 5.82. The molecule has 2 rings (SSSR count). The summed E-state index contributed by atoms with van der Waals surface area (Å²) in [4.78, 5) is 13.0. The third kappa shape index (κ3) is 5.39. The van der Waals surface area contributed by atoms with Gasteiger partial charge in [0.1, 0.15) is 17.6 Å². The van der Waals surface area contributed by atoms with E-state index >= 15 is 0 Å². The van der Waals surface area contributed by atoms with Gasteiger partial charge < -0.3 is 10.1 Å². The molecule has 158 valence electrons. The summed E-state index contributed by atoms with van der Waals surface area (Å²) in [6.45, 7) is 3.48. The molecule has 2 aromatic rings. The minimum atomic E-state index is -3.85. The highest BCUT2D eigenvalue weighted by atomic mass is 35.5. The molecule has 0 heterocycles. The molecular weight excluding hydrogens is 419 g/mol. The van der Waals surface area contributed by atoms with E-state index in [0.717, 1.165) is 22.2 Å². The second-order valence-electron chi connectivity index (χ2n) is 6.55. The van der Waals surface area contributed by atoms with Crippen LogP contribution in [0.2, 0.25) is 5.02 Å². The SMILES string of the molecule is CCC(C(=O)NC(C)c1ccccc1OC)N(c1ccc(F)c(Cl)c1)S(C)(=O)=O. The van der Waals surface area contributed by atoms with E-state index in [4.69, 9.17) is 16.3 Å². The Morgan fingerprint density at radius 3 is 2.48 bits per heavy atom. The van der Waals surface area contributed by atoms with Gasteiger partial charge in [0.25, 0.3) is 0 Å². The Hall–Kier alpha value is -2.32. The Balaban J connectivity index is 2.36. The second-order valence-corrected chi connectivity index (χ2v) is 8.82. The van der Waals surface area contributed by atoms with Crippen LogP contribution in [0.4, 0.5) is 10.1 Å². The Morgan fingerprint density at radius 2 is 1.93 bits per heavy atom. The monoisotopic (exact) mass is 442 g/mol. The van der Waals surface area contributed by atoms with E-state index in [9.17, 15) is 17.6 Å². The van der Waals surface area contributed by atoms with Crippen LogP contribution in [0.3, 0.4) is 0 Å². The van der Waals surface area contributed by atoms with E-state index in [1.165, 1.54) is 19.2 Å². The van der Waals surface area contributed by atoms with Gasteiger partial charge >= 0.3 is 0 Å². The highest BCUT2D eigenvalue weighted by molar-refractivity contribution is 7.92.